The molecule has 0 unspecified atom stereocenters. The summed E-state index contributed by atoms with van der Waals surface area (Å²) in [6.07, 6.45) is 9.65. The molecule has 2 spiro atoms. The topological polar surface area (TPSA) is 103 Å². The van der Waals surface area contributed by atoms with Crippen LogP contribution in [-0.2, 0) is 17.8 Å². The molecule has 2 saturated heterocycles. The van der Waals surface area contributed by atoms with Crippen molar-refractivity contribution in [3.8, 4) is 5.75 Å². The number of benzene rings is 1. The van der Waals surface area contributed by atoms with Gasteiger partial charge in [-0.05, 0) is 61.5 Å². The van der Waals surface area contributed by atoms with Gasteiger partial charge >= 0.3 is 0 Å². The Kier molecular flexibility index (Phi) is 5.55. The summed E-state index contributed by atoms with van der Waals surface area (Å²) in [5.74, 6) is 2.65. The summed E-state index contributed by atoms with van der Waals surface area (Å²) in [7, 11) is 1.74. The van der Waals surface area contributed by atoms with Crippen molar-refractivity contribution in [1.82, 2.24) is 24.6 Å². The SMILES string of the molecule is COc1cc(CN2CC3(CCOCC3)C2)ccc1Cn1ncc2nc(N)nc(NCC3CC4(CC4)C3)c21. The maximum absolute atomic E-state index is 6.03. The van der Waals surface area contributed by atoms with E-state index in [1.54, 1.807) is 13.3 Å². The van der Waals surface area contributed by atoms with Crippen LogP contribution in [0.2, 0.25) is 0 Å². The fourth-order valence-electron chi connectivity index (χ4n) is 6.97. The standard InChI is InChI=1S/C28H37N7O2/c1-36-23-10-19(15-34-17-28(18-34)6-8-37-9-7-28)2-3-21(23)16-35-24-22(14-31-35)32-26(29)33-25(24)30-13-20-11-27(12-20)4-5-27/h2-3,10,14,20H,4-9,11-13,15-18H2,1H3,(H3,29,30,32,33). The average molecular weight is 504 g/mol. The number of fused-ring (bicyclic) bond motifs is 1. The second-order valence-electron chi connectivity index (χ2n) is 12.0. The van der Waals surface area contributed by atoms with Crippen molar-refractivity contribution in [2.75, 3.05) is 51.0 Å². The number of anilines is 2. The fraction of sp³-hybridized carbons (Fsp3) is 0.607. The summed E-state index contributed by atoms with van der Waals surface area (Å²) in [6.45, 7) is 6.60. The zero-order valence-corrected chi connectivity index (χ0v) is 21.7. The Hall–Kier alpha value is -2.91. The Bertz CT molecular complexity index is 1300. The Morgan fingerprint density at radius 3 is 2.65 bits per heavy atom. The van der Waals surface area contributed by atoms with E-state index in [2.05, 4.69) is 43.5 Å². The molecule has 0 amide bonds. The van der Waals surface area contributed by atoms with Crippen LogP contribution >= 0.6 is 0 Å². The van der Waals surface area contributed by atoms with Gasteiger partial charge in [0.2, 0.25) is 5.95 Å². The number of nitrogens with two attached hydrogens (primary N) is 1. The van der Waals surface area contributed by atoms with Crippen LogP contribution in [0.1, 0.15) is 49.7 Å². The number of ether oxygens (including phenoxy) is 2. The lowest BCUT2D eigenvalue weighted by molar-refractivity contribution is -0.0839. The zero-order chi connectivity index (χ0) is 25.0. The highest BCUT2D eigenvalue weighted by atomic mass is 16.5. The van der Waals surface area contributed by atoms with Gasteiger partial charge in [-0.3, -0.25) is 9.58 Å². The third-order valence-corrected chi connectivity index (χ3v) is 9.21. The molecule has 0 atom stereocenters. The lowest BCUT2D eigenvalue weighted by atomic mass is 9.72. The van der Waals surface area contributed by atoms with Crippen LogP contribution in [-0.4, -0.2) is 64.6 Å². The van der Waals surface area contributed by atoms with Crippen molar-refractivity contribution in [2.24, 2.45) is 16.7 Å². The Morgan fingerprint density at radius 2 is 1.89 bits per heavy atom. The smallest absolute Gasteiger partial charge is 0.222 e. The quantitative estimate of drug-likeness (QED) is 0.480. The van der Waals surface area contributed by atoms with Crippen LogP contribution in [0.5, 0.6) is 5.75 Å². The second kappa shape index (κ2) is 8.84. The molecule has 0 radical (unpaired) electrons. The van der Waals surface area contributed by atoms with E-state index in [0.717, 1.165) is 54.5 Å². The van der Waals surface area contributed by atoms with E-state index in [9.17, 15) is 0 Å². The van der Waals surface area contributed by atoms with Crippen LogP contribution in [0.4, 0.5) is 11.8 Å². The maximum atomic E-state index is 6.03. The summed E-state index contributed by atoms with van der Waals surface area (Å²) in [5, 5.41) is 8.22. The number of nitrogens with one attached hydrogen (secondary N) is 1. The number of hydrogen-bond acceptors (Lipinski definition) is 8. The molecule has 9 nitrogen and oxygen atoms in total. The van der Waals surface area contributed by atoms with Gasteiger partial charge in [0, 0.05) is 50.4 Å². The number of aromatic nitrogens is 4. The number of hydrogen-bond donors (Lipinski definition) is 2. The van der Waals surface area contributed by atoms with Crippen LogP contribution in [0.25, 0.3) is 11.0 Å². The van der Waals surface area contributed by atoms with Gasteiger partial charge in [-0.15, -0.1) is 0 Å². The predicted molar refractivity (Wildman–Crippen MR) is 142 cm³/mol. The van der Waals surface area contributed by atoms with E-state index in [4.69, 9.17) is 15.2 Å². The van der Waals surface area contributed by atoms with Crippen LogP contribution in [0.15, 0.2) is 24.4 Å². The number of nitrogen functional groups attached to an aromatic ring is 1. The summed E-state index contributed by atoms with van der Waals surface area (Å²) in [4.78, 5) is 11.5. The molecular formula is C28H37N7O2. The molecule has 0 bridgehead atoms. The van der Waals surface area contributed by atoms with Crippen LogP contribution < -0.4 is 15.8 Å². The lowest BCUT2D eigenvalue weighted by Crippen LogP contribution is -2.57. The highest BCUT2D eigenvalue weighted by molar-refractivity contribution is 5.86. The van der Waals surface area contributed by atoms with Crippen molar-refractivity contribution >= 4 is 22.8 Å². The van der Waals surface area contributed by atoms with Gasteiger partial charge < -0.3 is 20.5 Å². The fourth-order valence-corrected chi connectivity index (χ4v) is 6.97. The molecule has 4 heterocycles. The van der Waals surface area contributed by atoms with Crippen molar-refractivity contribution in [3.63, 3.8) is 0 Å². The summed E-state index contributed by atoms with van der Waals surface area (Å²) >= 11 is 0. The molecule has 9 heteroatoms. The van der Waals surface area contributed by atoms with Crippen molar-refractivity contribution in [3.05, 3.63) is 35.5 Å². The number of rotatable bonds is 8. The van der Waals surface area contributed by atoms with Gasteiger partial charge in [-0.2, -0.15) is 10.1 Å². The first-order valence-electron chi connectivity index (χ1n) is 13.7. The Balaban J connectivity index is 1.06. The van der Waals surface area contributed by atoms with E-state index in [1.807, 2.05) is 4.68 Å². The zero-order valence-electron chi connectivity index (χ0n) is 21.7. The van der Waals surface area contributed by atoms with Gasteiger partial charge in [0.15, 0.2) is 5.82 Å². The molecule has 196 valence electrons. The third-order valence-electron chi connectivity index (χ3n) is 9.21. The second-order valence-corrected chi connectivity index (χ2v) is 12.0. The number of nitrogens with zero attached hydrogens (tertiary/aromatic N) is 5. The molecule has 1 aromatic carbocycles. The third kappa shape index (κ3) is 4.42. The van der Waals surface area contributed by atoms with E-state index in [0.29, 0.717) is 23.3 Å². The predicted octanol–water partition coefficient (Wildman–Crippen LogP) is 3.68. The molecular weight excluding hydrogens is 466 g/mol. The van der Waals surface area contributed by atoms with Crippen LogP contribution in [0, 0.1) is 16.7 Å². The largest absolute Gasteiger partial charge is 0.496 e. The molecule has 37 heavy (non-hydrogen) atoms. The summed E-state index contributed by atoms with van der Waals surface area (Å²) in [5.41, 5.74) is 11.2. The van der Waals surface area contributed by atoms with Crippen molar-refractivity contribution < 1.29 is 9.47 Å². The molecule has 3 N–H and O–H groups in total. The Labute approximate surface area is 217 Å². The number of likely N-dealkylation sites (tertiary alicyclic amines) is 1. The molecule has 4 aliphatic rings. The lowest BCUT2D eigenvalue weighted by Gasteiger charge is -2.52. The van der Waals surface area contributed by atoms with Crippen molar-refractivity contribution in [2.45, 2.75) is 51.6 Å². The first-order valence-corrected chi connectivity index (χ1v) is 13.7. The molecule has 7 rings (SSSR count). The van der Waals surface area contributed by atoms with Crippen molar-refractivity contribution in [1.29, 1.82) is 0 Å². The molecule has 4 fully saturated rings. The van der Waals surface area contributed by atoms with Gasteiger partial charge in [-0.1, -0.05) is 12.1 Å². The number of methoxy groups -OCH3 is 1. The summed E-state index contributed by atoms with van der Waals surface area (Å²) in [6, 6.07) is 6.56. The van der Waals surface area contributed by atoms with Gasteiger partial charge in [0.05, 0.1) is 19.9 Å². The van der Waals surface area contributed by atoms with E-state index in [-0.39, 0.29) is 5.95 Å². The highest BCUT2D eigenvalue weighted by Crippen LogP contribution is 2.63. The highest BCUT2D eigenvalue weighted by Gasteiger charge is 2.52. The Morgan fingerprint density at radius 1 is 1.08 bits per heavy atom. The average Bonchev–Trinajstić information content (AvgIpc) is 3.57. The van der Waals surface area contributed by atoms with Crippen LogP contribution in [0.3, 0.4) is 0 Å². The van der Waals surface area contributed by atoms with E-state index in [1.165, 1.54) is 57.2 Å². The molecule has 2 aliphatic carbocycles. The minimum Gasteiger partial charge on any atom is -0.496 e. The molecule has 2 saturated carbocycles. The first kappa shape index (κ1) is 23.2. The van der Waals surface area contributed by atoms with Gasteiger partial charge in [0.25, 0.3) is 0 Å². The summed E-state index contributed by atoms with van der Waals surface area (Å²) < 4.78 is 13.3. The first-order chi connectivity index (χ1) is 18.0. The molecule has 2 aliphatic heterocycles. The molecule has 2 aromatic heterocycles. The maximum Gasteiger partial charge on any atom is 0.222 e. The minimum atomic E-state index is 0.275. The van der Waals surface area contributed by atoms with Gasteiger partial charge in [-0.25, -0.2) is 4.98 Å². The van der Waals surface area contributed by atoms with Gasteiger partial charge in [0.1, 0.15) is 16.8 Å². The normalized spacial score (nSPS) is 22.2. The molecule has 3 aromatic rings. The monoisotopic (exact) mass is 503 g/mol. The van der Waals surface area contributed by atoms with E-state index >= 15 is 0 Å². The minimum absolute atomic E-state index is 0.275. The van der Waals surface area contributed by atoms with E-state index < -0.39 is 0 Å².